The minimum Gasteiger partial charge on any atom is -0.523 e. The predicted octanol–water partition coefficient (Wildman–Crippen LogP) is 2.99. The van der Waals surface area contributed by atoms with Crippen LogP contribution >= 0.6 is 0 Å². The maximum atomic E-state index is 4.86. The molecule has 0 unspecified atom stereocenters. The van der Waals surface area contributed by atoms with Crippen molar-refractivity contribution in [3.05, 3.63) is 60.7 Å². The molecule has 2 aromatic carbocycles. The van der Waals surface area contributed by atoms with Gasteiger partial charge >= 0.3 is 17.1 Å². The first-order valence-electron chi connectivity index (χ1n) is 4.88. The molecule has 2 aromatic rings. The van der Waals surface area contributed by atoms with Crippen molar-refractivity contribution in [2.75, 3.05) is 14.2 Å². The summed E-state index contributed by atoms with van der Waals surface area (Å²) in [5.41, 5.74) is 0. The predicted molar refractivity (Wildman–Crippen MR) is 63.7 cm³/mol. The molecule has 0 amide bonds. The number of hydrogen-bond acceptors (Lipinski definition) is 2. The molecular formula is C14H14CuO2. The molecule has 0 fully saturated rings. The van der Waals surface area contributed by atoms with E-state index in [-0.39, 0.29) is 17.1 Å². The summed E-state index contributed by atoms with van der Waals surface area (Å²) in [5.74, 6) is 1.57. The first kappa shape index (κ1) is 15.6. The smallest absolute Gasteiger partial charge is 0.523 e. The van der Waals surface area contributed by atoms with Gasteiger partial charge in [-0.15, -0.1) is 24.3 Å². The van der Waals surface area contributed by atoms with Crippen LogP contribution in [0.1, 0.15) is 0 Å². The van der Waals surface area contributed by atoms with E-state index in [4.69, 9.17) is 9.47 Å². The fourth-order valence-electron chi connectivity index (χ4n) is 1.01. The molecular weight excluding hydrogens is 264 g/mol. The van der Waals surface area contributed by atoms with Gasteiger partial charge in [-0.2, -0.15) is 36.4 Å². The minimum absolute atomic E-state index is 0. The largest absolute Gasteiger partial charge is 2.00 e. The summed E-state index contributed by atoms with van der Waals surface area (Å²) in [5, 5.41) is 0. The molecule has 3 heteroatoms. The maximum Gasteiger partial charge on any atom is 2.00 e. The molecule has 0 aliphatic carbocycles. The van der Waals surface area contributed by atoms with E-state index in [0.29, 0.717) is 0 Å². The number of ether oxygens (including phenoxy) is 2. The summed E-state index contributed by atoms with van der Waals surface area (Å²) >= 11 is 0. The Balaban J connectivity index is 0.000000284. The van der Waals surface area contributed by atoms with Gasteiger partial charge in [0.1, 0.15) is 0 Å². The molecule has 0 aromatic heterocycles. The van der Waals surface area contributed by atoms with E-state index in [1.54, 1.807) is 14.2 Å². The fraction of sp³-hybridized carbons (Fsp3) is 0.143. The van der Waals surface area contributed by atoms with Gasteiger partial charge in [-0.3, -0.25) is 0 Å². The SMILES string of the molecule is COc1[c-]cccc1.COc1[c-]cccc1.[Cu+2]. The molecule has 0 spiro atoms. The van der Waals surface area contributed by atoms with Crippen LogP contribution in [0, 0.1) is 12.1 Å². The average molecular weight is 278 g/mol. The van der Waals surface area contributed by atoms with Crippen LogP contribution in [0.3, 0.4) is 0 Å². The first-order valence-corrected chi connectivity index (χ1v) is 4.88. The van der Waals surface area contributed by atoms with E-state index in [0.717, 1.165) is 11.5 Å². The Bertz CT molecular complexity index is 336. The van der Waals surface area contributed by atoms with Crippen LogP contribution in [-0.2, 0) is 17.1 Å². The second-order valence-corrected chi connectivity index (χ2v) is 2.86. The molecule has 17 heavy (non-hydrogen) atoms. The normalized spacial score (nSPS) is 8.12. The molecule has 2 nitrogen and oxygen atoms in total. The number of hydrogen-bond donors (Lipinski definition) is 0. The molecule has 0 aliphatic rings. The Morgan fingerprint density at radius 1 is 0.765 bits per heavy atom. The molecule has 0 N–H and O–H groups in total. The van der Waals surface area contributed by atoms with Gasteiger partial charge in [0, 0.05) is 11.5 Å². The van der Waals surface area contributed by atoms with Gasteiger partial charge in [-0.25, -0.2) is 0 Å². The number of para-hydroxylation sites is 2. The van der Waals surface area contributed by atoms with Crippen LogP contribution in [0.4, 0.5) is 0 Å². The van der Waals surface area contributed by atoms with Crippen LogP contribution in [-0.4, -0.2) is 14.2 Å². The fourth-order valence-corrected chi connectivity index (χ4v) is 1.01. The van der Waals surface area contributed by atoms with Crippen molar-refractivity contribution in [2.24, 2.45) is 0 Å². The summed E-state index contributed by atoms with van der Waals surface area (Å²) in [4.78, 5) is 0. The molecule has 0 saturated heterocycles. The number of methoxy groups -OCH3 is 2. The zero-order valence-electron chi connectivity index (χ0n) is 9.74. The summed E-state index contributed by atoms with van der Waals surface area (Å²) in [6.45, 7) is 0. The van der Waals surface area contributed by atoms with Gasteiger partial charge in [0.2, 0.25) is 0 Å². The van der Waals surface area contributed by atoms with Crippen molar-refractivity contribution in [3.8, 4) is 11.5 Å². The molecule has 1 radical (unpaired) electrons. The van der Waals surface area contributed by atoms with Crippen LogP contribution in [0.2, 0.25) is 0 Å². The third-order valence-electron chi connectivity index (χ3n) is 1.80. The van der Waals surface area contributed by atoms with Crippen LogP contribution in [0.15, 0.2) is 48.5 Å². The third kappa shape index (κ3) is 6.67. The van der Waals surface area contributed by atoms with E-state index in [1.807, 2.05) is 48.5 Å². The van der Waals surface area contributed by atoms with Gasteiger partial charge in [0.25, 0.3) is 0 Å². The maximum absolute atomic E-state index is 4.86. The van der Waals surface area contributed by atoms with E-state index in [9.17, 15) is 0 Å². The van der Waals surface area contributed by atoms with Gasteiger partial charge in [-0.1, -0.05) is 0 Å². The molecule has 0 saturated carbocycles. The van der Waals surface area contributed by atoms with Crippen molar-refractivity contribution in [1.29, 1.82) is 0 Å². The standard InChI is InChI=1S/2C7H7O.Cu/c2*1-8-7-5-3-2-4-6-7;/h2*2-5H,1H3;/q2*-1;+2. The van der Waals surface area contributed by atoms with E-state index >= 15 is 0 Å². The van der Waals surface area contributed by atoms with Crippen molar-refractivity contribution in [1.82, 2.24) is 0 Å². The zero-order chi connectivity index (χ0) is 11.6. The summed E-state index contributed by atoms with van der Waals surface area (Å²) in [7, 11) is 3.26. The molecule has 93 valence electrons. The Hall–Kier alpha value is -1.44. The van der Waals surface area contributed by atoms with Crippen LogP contribution in [0.5, 0.6) is 11.5 Å². The van der Waals surface area contributed by atoms with Gasteiger partial charge in [0.15, 0.2) is 0 Å². The van der Waals surface area contributed by atoms with Crippen molar-refractivity contribution < 1.29 is 26.5 Å². The Morgan fingerprint density at radius 3 is 1.35 bits per heavy atom. The van der Waals surface area contributed by atoms with E-state index < -0.39 is 0 Å². The van der Waals surface area contributed by atoms with Gasteiger partial charge in [0.05, 0.1) is 14.2 Å². The summed E-state index contributed by atoms with van der Waals surface area (Å²) in [6.07, 6.45) is 0. The van der Waals surface area contributed by atoms with Gasteiger partial charge in [-0.05, 0) is 0 Å². The molecule has 0 atom stereocenters. The Morgan fingerprint density at radius 2 is 1.18 bits per heavy atom. The summed E-state index contributed by atoms with van der Waals surface area (Å²) in [6, 6.07) is 20.8. The monoisotopic (exact) mass is 277 g/mol. The van der Waals surface area contributed by atoms with Crippen LogP contribution in [0.25, 0.3) is 0 Å². The van der Waals surface area contributed by atoms with E-state index in [2.05, 4.69) is 12.1 Å². The van der Waals surface area contributed by atoms with Crippen molar-refractivity contribution >= 4 is 0 Å². The Labute approximate surface area is 113 Å². The Kier molecular flexibility index (Phi) is 8.93. The van der Waals surface area contributed by atoms with E-state index in [1.165, 1.54) is 0 Å². The topological polar surface area (TPSA) is 18.5 Å². The van der Waals surface area contributed by atoms with Crippen LogP contribution < -0.4 is 9.47 Å². The average Bonchev–Trinajstić information content (AvgIpc) is 2.41. The van der Waals surface area contributed by atoms with Crippen molar-refractivity contribution in [3.63, 3.8) is 0 Å². The quantitative estimate of drug-likeness (QED) is 0.621. The minimum atomic E-state index is 0. The molecule has 0 heterocycles. The number of benzene rings is 2. The first-order chi connectivity index (χ1) is 7.86. The second-order valence-electron chi connectivity index (χ2n) is 2.86. The van der Waals surface area contributed by atoms with Crippen molar-refractivity contribution in [2.45, 2.75) is 0 Å². The number of rotatable bonds is 2. The zero-order valence-corrected chi connectivity index (χ0v) is 10.7. The summed E-state index contributed by atoms with van der Waals surface area (Å²) < 4.78 is 9.72. The molecule has 0 bridgehead atoms. The molecule has 0 aliphatic heterocycles. The second kappa shape index (κ2) is 9.76. The molecule has 2 rings (SSSR count). The third-order valence-corrected chi connectivity index (χ3v) is 1.80. The van der Waals surface area contributed by atoms with Gasteiger partial charge < -0.3 is 9.47 Å².